The molecule has 1 aliphatic heterocycles. The van der Waals surface area contributed by atoms with Crippen LogP contribution in [0.5, 0.6) is 0 Å². The molecule has 1 heterocycles. The number of hydrogen-bond acceptors (Lipinski definition) is 3. The summed E-state index contributed by atoms with van der Waals surface area (Å²) in [6.07, 6.45) is 0.495. The molecule has 1 aliphatic rings. The molecule has 6 heteroatoms. The molecular formula is C22H22BrFN2O2. The van der Waals surface area contributed by atoms with Gasteiger partial charge in [-0.2, -0.15) is 5.26 Å². The van der Waals surface area contributed by atoms with Crippen molar-refractivity contribution in [3.8, 4) is 6.07 Å². The third kappa shape index (κ3) is 4.20. The van der Waals surface area contributed by atoms with Gasteiger partial charge in [-0.25, -0.2) is 9.18 Å². The van der Waals surface area contributed by atoms with Crippen molar-refractivity contribution in [3.63, 3.8) is 0 Å². The zero-order chi connectivity index (χ0) is 20.3. The number of hydrogen-bond donors (Lipinski definition) is 0. The summed E-state index contributed by atoms with van der Waals surface area (Å²) in [5.41, 5.74) is 0.815. The summed E-state index contributed by atoms with van der Waals surface area (Å²) in [5.74, 6) is -0.645. The van der Waals surface area contributed by atoms with E-state index in [1.165, 1.54) is 12.1 Å². The normalized spacial score (nSPS) is 21.5. The van der Waals surface area contributed by atoms with Gasteiger partial charge >= 0.3 is 6.09 Å². The molecule has 0 spiro atoms. The number of nitriles is 1. The van der Waals surface area contributed by atoms with Crippen LogP contribution in [0.2, 0.25) is 0 Å². The van der Waals surface area contributed by atoms with Crippen LogP contribution in [0.3, 0.4) is 0 Å². The number of ether oxygens (including phenoxy) is 1. The second kappa shape index (κ2) is 8.32. The maximum absolute atomic E-state index is 13.4. The van der Waals surface area contributed by atoms with Crippen LogP contribution in [0.1, 0.15) is 43.9 Å². The molecule has 1 saturated heterocycles. The predicted octanol–water partition coefficient (Wildman–Crippen LogP) is 5.94. The van der Waals surface area contributed by atoms with Gasteiger partial charge in [0.15, 0.2) is 0 Å². The Kier molecular flexibility index (Phi) is 6.04. The van der Waals surface area contributed by atoms with Crippen LogP contribution >= 0.6 is 15.9 Å². The number of carbonyl (C=O) groups is 1. The van der Waals surface area contributed by atoms with Crippen LogP contribution in [0.4, 0.5) is 9.18 Å². The molecule has 0 saturated carbocycles. The SMILES string of the molecule is CC(C#N)C[C@@]1(c2ccc(F)cc2)CCN(C(C)c2ccc(Br)cc2)C(=O)O1. The summed E-state index contributed by atoms with van der Waals surface area (Å²) < 4.78 is 20.3. The van der Waals surface area contributed by atoms with E-state index < -0.39 is 11.7 Å². The summed E-state index contributed by atoms with van der Waals surface area (Å²) in [4.78, 5) is 14.6. The molecule has 1 fully saturated rings. The number of nitrogens with zero attached hydrogens (tertiary/aromatic N) is 2. The van der Waals surface area contributed by atoms with Gasteiger partial charge < -0.3 is 9.64 Å². The Hall–Kier alpha value is -2.39. The van der Waals surface area contributed by atoms with Crippen LogP contribution in [-0.4, -0.2) is 17.5 Å². The molecule has 2 aromatic rings. The smallest absolute Gasteiger partial charge is 0.411 e. The second-order valence-electron chi connectivity index (χ2n) is 7.27. The van der Waals surface area contributed by atoms with Crippen LogP contribution < -0.4 is 0 Å². The molecule has 3 rings (SSSR count). The molecule has 1 amide bonds. The Labute approximate surface area is 173 Å². The van der Waals surface area contributed by atoms with E-state index in [1.54, 1.807) is 24.0 Å². The Balaban J connectivity index is 1.86. The average Bonchev–Trinajstić information content (AvgIpc) is 2.68. The van der Waals surface area contributed by atoms with Gasteiger partial charge in [0.1, 0.15) is 11.4 Å². The van der Waals surface area contributed by atoms with Crippen molar-refractivity contribution in [1.82, 2.24) is 4.90 Å². The van der Waals surface area contributed by atoms with Gasteiger partial charge in [-0.3, -0.25) is 0 Å². The largest absolute Gasteiger partial charge is 0.438 e. The quantitative estimate of drug-likeness (QED) is 0.573. The van der Waals surface area contributed by atoms with Crippen molar-refractivity contribution in [1.29, 1.82) is 5.26 Å². The van der Waals surface area contributed by atoms with Crippen molar-refractivity contribution in [2.24, 2.45) is 5.92 Å². The Morgan fingerprint density at radius 3 is 2.43 bits per heavy atom. The highest BCUT2D eigenvalue weighted by atomic mass is 79.9. The lowest BCUT2D eigenvalue weighted by molar-refractivity contribution is -0.0697. The summed E-state index contributed by atoms with van der Waals surface area (Å²) >= 11 is 3.42. The molecule has 28 heavy (non-hydrogen) atoms. The van der Waals surface area contributed by atoms with Crippen molar-refractivity contribution in [3.05, 3.63) is 69.9 Å². The van der Waals surface area contributed by atoms with E-state index in [1.807, 2.05) is 31.2 Å². The van der Waals surface area contributed by atoms with Crippen LogP contribution in [0.25, 0.3) is 0 Å². The number of halogens is 2. The van der Waals surface area contributed by atoms with E-state index >= 15 is 0 Å². The van der Waals surface area contributed by atoms with Gasteiger partial charge in [-0.15, -0.1) is 0 Å². The first-order chi connectivity index (χ1) is 13.3. The minimum atomic E-state index is -0.921. The van der Waals surface area contributed by atoms with E-state index in [4.69, 9.17) is 4.74 Å². The number of rotatable bonds is 5. The molecule has 0 radical (unpaired) electrons. The maximum Gasteiger partial charge on any atom is 0.411 e. The highest BCUT2D eigenvalue weighted by Crippen LogP contribution is 2.41. The summed E-state index contributed by atoms with van der Waals surface area (Å²) in [7, 11) is 0. The summed E-state index contributed by atoms with van der Waals surface area (Å²) in [5, 5.41) is 9.28. The molecule has 2 unspecified atom stereocenters. The van der Waals surface area contributed by atoms with E-state index in [0.29, 0.717) is 19.4 Å². The monoisotopic (exact) mass is 444 g/mol. The van der Waals surface area contributed by atoms with Crippen molar-refractivity contribution < 1.29 is 13.9 Å². The van der Waals surface area contributed by atoms with E-state index in [9.17, 15) is 14.4 Å². The fourth-order valence-electron chi connectivity index (χ4n) is 3.70. The van der Waals surface area contributed by atoms with Crippen LogP contribution in [0, 0.1) is 23.1 Å². The van der Waals surface area contributed by atoms with Crippen molar-refractivity contribution in [2.45, 2.75) is 38.3 Å². The molecule has 0 bridgehead atoms. The Morgan fingerprint density at radius 1 is 1.21 bits per heavy atom. The van der Waals surface area contributed by atoms with Crippen LogP contribution in [0.15, 0.2) is 53.0 Å². The van der Waals surface area contributed by atoms with E-state index in [2.05, 4.69) is 22.0 Å². The Bertz CT molecular complexity index is 879. The van der Waals surface area contributed by atoms with Gasteiger partial charge in [0, 0.05) is 29.8 Å². The molecule has 2 aromatic carbocycles. The third-order valence-corrected chi connectivity index (χ3v) is 5.85. The first-order valence-corrected chi connectivity index (χ1v) is 10.0. The number of benzene rings is 2. The number of amides is 1. The lowest BCUT2D eigenvalue weighted by Gasteiger charge is -2.44. The van der Waals surface area contributed by atoms with Crippen molar-refractivity contribution in [2.75, 3.05) is 6.54 Å². The zero-order valence-corrected chi connectivity index (χ0v) is 17.4. The fraction of sp³-hybridized carbons (Fsp3) is 0.364. The minimum Gasteiger partial charge on any atom is -0.438 e. The first kappa shape index (κ1) is 20.3. The van der Waals surface area contributed by atoms with Gasteiger partial charge in [0.25, 0.3) is 0 Å². The summed E-state index contributed by atoms with van der Waals surface area (Å²) in [6.45, 7) is 4.26. The molecule has 0 aromatic heterocycles. The Morgan fingerprint density at radius 2 is 1.86 bits per heavy atom. The lowest BCUT2D eigenvalue weighted by atomic mass is 9.81. The standard InChI is InChI=1S/C22H22BrFN2O2/c1-15(14-25)13-22(18-5-9-20(24)10-6-18)11-12-26(21(27)28-22)16(2)17-3-7-19(23)8-4-17/h3-10,15-16H,11-13H2,1-2H3/t15?,16?,22-/m1/s1. The molecule has 3 atom stereocenters. The molecular weight excluding hydrogens is 423 g/mol. The third-order valence-electron chi connectivity index (χ3n) is 5.32. The van der Waals surface area contributed by atoms with Gasteiger partial charge in [-0.1, -0.05) is 40.2 Å². The van der Waals surface area contributed by atoms with E-state index in [-0.39, 0.29) is 17.8 Å². The minimum absolute atomic E-state index is 0.139. The molecule has 0 N–H and O–H groups in total. The fourth-order valence-corrected chi connectivity index (χ4v) is 3.97. The second-order valence-corrected chi connectivity index (χ2v) is 8.19. The lowest BCUT2D eigenvalue weighted by Crippen LogP contribution is -2.49. The summed E-state index contributed by atoms with van der Waals surface area (Å²) in [6, 6.07) is 15.9. The number of carbonyl (C=O) groups excluding carboxylic acids is 1. The van der Waals surface area contributed by atoms with Gasteiger partial charge in [0.05, 0.1) is 12.1 Å². The highest BCUT2D eigenvalue weighted by molar-refractivity contribution is 9.10. The van der Waals surface area contributed by atoms with E-state index in [0.717, 1.165) is 15.6 Å². The molecule has 146 valence electrons. The maximum atomic E-state index is 13.4. The van der Waals surface area contributed by atoms with Gasteiger partial charge in [0.2, 0.25) is 0 Å². The number of cyclic esters (lactones) is 1. The highest BCUT2D eigenvalue weighted by Gasteiger charge is 2.44. The predicted molar refractivity (Wildman–Crippen MR) is 108 cm³/mol. The molecule has 4 nitrogen and oxygen atoms in total. The van der Waals surface area contributed by atoms with Crippen molar-refractivity contribution >= 4 is 22.0 Å². The average molecular weight is 445 g/mol. The topological polar surface area (TPSA) is 53.3 Å². The molecule has 0 aliphatic carbocycles. The van der Waals surface area contributed by atoms with Gasteiger partial charge in [-0.05, 0) is 49.2 Å². The first-order valence-electron chi connectivity index (χ1n) is 9.25. The zero-order valence-electron chi connectivity index (χ0n) is 15.9. The van der Waals surface area contributed by atoms with Crippen LogP contribution in [-0.2, 0) is 10.3 Å².